The normalized spacial score (nSPS) is 27.7. The molecule has 0 saturated carbocycles. The molecule has 2 aliphatic rings. The van der Waals surface area contributed by atoms with E-state index in [2.05, 4.69) is 9.88 Å². The lowest BCUT2D eigenvalue weighted by atomic mass is 10.1. The number of rotatable bonds is 1. The minimum absolute atomic E-state index is 0.171. The van der Waals surface area contributed by atoms with Crippen LogP contribution in [0.1, 0.15) is 25.3 Å². The Labute approximate surface area is 107 Å². The van der Waals surface area contributed by atoms with Crippen LogP contribution in [0.4, 0.5) is 4.39 Å². The first-order valence-corrected chi connectivity index (χ1v) is 6.41. The van der Waals surface area contributed by atoms with Crippen molar-refractivity contribution < 1.29 is 4.39 Å². The maximum absolute atomic E-state index is 13.5. The van der Waals surface area contributed by atoms with E-state index in [9.17, 15) is 14.0 Å². The number of aromatic amines is 1. The standard InChI is InChI=1S/C11H13ClFN3O2/c12-9-8(13)10(17)16(11(18)14-9)7-3-5-15-4-1-2-6(7)15/h6-7H,1-5H2,(H,14,18). The maximum Gasteiger partial charge on any atom is 0.329 e. The summed E-state index contributed by atoms with van der Waals surface area (Å²) in [6.07, 6.45) is 2.71. The fourth-order valence-corrected chi connectivity index (χ4v) is 3.32. The molecule has 3 heterocycles. The average molecular weight is 274 g/mol. The summed E-state index contributed by atoms with van der Waals surface area (Å²) in [4.78, 5) is 28.1. The van der Waals surface area contributed by atoms with Gasteiger partial charge in [-0.2, -0.15) is 4.39 Å². The molecule has 3 rings (SSSR count). The van der Waals surface area contributed by atoms with Gasteiger partial charge in [0.15, 0.2) is 5.15 Å². The van der Waals surface area contributed by atoms with Crippen LogP contribution in [-0.4, -0.2) is 33.6 Å². The van der Waals surface area contributed by atoms with Gasteiger partial charge in [0.1, 0.15) is 0 Å². The lowest BCUT2D eigenvalue weighted by molar-refractivity contribution is 0.282. The molecule has 0 radical (unpaired) electrons. The highest BCUT2D eigenvalue weighted by atomic mass is 35.5. The highest BCUT2D eigenvalue weighted by Crippen LogP contribution is 2.34. The van der Waals surface area contributed by atoms with Gasteiger partial charge < -0.3 is 0 Å². The number of hydrogen-bond acceptors (Lipinski definition) is 3. The van der Waals surface area contributed by atoms with Crippen LogP contribution in [0.2, 0.25) is 5.15 Å². The largest absolute Gasteiger partial charge is 0.329 e. The van der Waals surface area contributed by atoms with Crippen molar-refractivity contribution in [1.82, 2.24) is 14.5 Å². The zero-order valence-corrected chi connectivity index (χ0v) is 10.4. The van der Waals surface area contributed by atoms with E-state index < -0.39 is 22.2 Å². The molecule has 5 nitrogen and oxygen atoms in total. The Balaban J connectivity index is 2.10. The average Bonchev–Trinajstić information content (AvgIpc) is 2.90. The molecule has 2 unspecified atom stereocenters. The van der Waals surface area contributed by atoms with Crippen molar-refractivity contribution in [2.45, 2.75) is 31.3 Å². The highest BCUT2D eigenvalue weighted by molar-refractivity contribution is 6.29. The van der Waals surface area contributed by atoms with Crippen LogP contribution in [0.25, 0.3) is 0 Å². The van der Waals surface area contributed by atoms with E-state index >= 15 is 0 Å². The quantitative estimate of drug-likeness (QED) is 0.768. The van der Waals surface area contributed by atoms with Crippen molar-refractivity contribution in [2.75, 3.05) is 13.1 Å². The first-order valence-electron chi connectivity index (χ1n) is 6.03. The number of halogens is 2. The van der Waals surface area contributed by atoms with E-state index in [-0.39, 0.29) is 12.1 Å². The molecule has 2 atom stereocenters. The molecular formula is C11H13ClFN3O2. The van der Waals surface area contributed by atoms with Crippen LogP contribution in [0.3, 0.4) is 0 Å². The molecule has 1 aromatic heterocycles. The van der Waals surface area contributed by atoms with Crippen molar-refractivity contribution in [3.05, 3.63) is 31.8 Å². The Bertz CT molecular complexity index is 597. The van der Waals surface area contributed by atoms with E-state index in [4.69, 9.17) is 11.6 Å². The SMILES string of the molecule is O=c1[nH]c(Cl)c(F)c(=O)n1C1CCN2CCCC12. The minimum Gasteiger partial charge on any atom is -0.298 e. The van der Waals surface area contributed by atoms with Crippen molar-refractivity contribution in [3.8, 4) is 0 Å². The monoisotopic (exact) mass is 273 g/mol. The minimum atomic E-state index is -1.08. The molecule has 2 saturated heterocycles. The lowest BCUT2D eigenvalue weighted by Gasteiger charge is -2.21. The Morgan fingerprint density at radius 3 is 2.78 bits per heavy atom. The van der Waals surface area contributed by atoms with E-state index in [1.807, 2.05) is 0 Å². The van der Waals surface area contributed by atoms with Crippen molar-refractivity contribution in [3.63, 3.8) is 0 Å². The Hall–Kier alpha value is -1.14. The summed E-state index contributed by atoms with van der Waals surface area (Å²) in [6.45, 7) is 1.84. The van der Waals surface area contributed by atoms with Crippen molar-refractivity contribution in [1.29, 1.82) is 0 Å². The summed E-state index contributed by atoms with van der Waals surface area (Å²) >= 11 is 5.45. The molecular weight excluding hydrogens is 261 g/mol. The van der Waals surface area contributed by atoms with Crippen LogP contribution in [0.15, 0.2) is 9.59 Å². The van der Waals surface area contributed by atoms with Gasteiger partial charge in [0.25, 0.3) is 5.56 Å². The van der Waals surface area contributed by atoms with Gasteiger partial charge in [-0.1, -0.05) is 11.6 Å². The summed E-state index contributed by atoms with van der Waals surface area (Å²) in [7, 11) is 0. The number of fused-ring (bicyclic) bond motifs is 1. The molecule has 0 aliphatic carbocycles. The zero-order valence-electron chi connectivity index (χ0n) is 9.66. The van der Waals surface area contributed by atoms with Crippen LogP contribution in [0.5, 0.6) is 0 Å². The van der Waals surface area contributed by atoms with Gasteiger partial charge in [-0.15, -0.1) is 0 Å². The van der Waals surface area contributed by atoms with E-state index in [0.29, 0.717) is 6.42 Å². The maximum atomic E-state index is 13.5. The van der Waals surface area contributed by atoms with Gasteiger partial charge in [-0.25, -0.2) is 4.79 Å². The predicted molar refractivity (Wildman–Crippen MR) is 64.5 cm³/mol. The predicted octanol–water partition coefficient (Wildman–Crippen LogP) is 0.738. The second kappa shape index (κ2) is 4.20. The van der Waals surface area contributed by atoms with Gasteiger partial charge in [0.05, 0.1) is 6.04 Å². The van der Waals surface area contributed by atoms with Crippen LogP contribution < -0.4 is 11.2 Å². The van der Waals surface area contributed by atoms with Gasteiger partial charge >= 0.3 is 5.69 Å². The van der Waals surface area contributed by atoms with Gasteiger partial charge in [0, 0.05) is 12.6 Å². The molecule has 2 aliphatic heterocycles. The second-order valence-corrected chi connectivity index (χ2v) is 5.21. The third-order valence-electron chi connectivity index (χ3n) is 3.94. The van der Waals surface area contributed by atoms with Gasteiger partial charge in [-0.3, -0.25) is 19.2 Å². The number of nitrogens with one attached hydrogen (secondary N) is 1. The first kappa shape index (κ1) is 11.9. The van der Waals surface area contributed by atoms with Crippen molar-refractivity contribution >= 4 is 11.6 Å². The van der Waals surface area contributed by atoms with Gasteiger partial charge in [-0.05, 0) is 25.8 Å². The van der Waals surface area contributed by atoms with E-state index in [1.165, 1.54) is 0 Å². The summed E-state index contributed by atoms with van der Waals surface area (Å²) in [5.74, 6) is -1.08. The highest BCUT2D eigenvalue weighted by Gasteiger charge is 2.39. The molecule has 7 heteroatoms. The number of aromatic nitrogens is 2. The third-order valence-corrected chi connectivity index (χ3v) is 4.20. The Morgan fingerprint density at radius 2 is 2.00 bits per heavy atom. The molecule has 1 N–H and O–H groups in total. The molecule has 0 amide bonds. The smallest absolute Gasteiger partial charge is 0.298 e. The first-order chi connectivity index (χ1) is 8.59. The fraction of sp³-hybridized carbons (Fsp3) is 0.636. The van der Waals surface area contributed by atoms with Crippen LogP contribution in [-0.2, 0) is 0 Å². The molecule has 1 aromatic rings. The van der Waals surface area contributed by atoms with Crippen LogP contribution in [0, 0.1) is 5.82 Å². The lowest BCUT2D eigenvalue weighted by Crippen LogP contribution is -2.43. The summed E-state index contributed by atoms with van der Waals surface area (Å²) < 4.78 is 14.5. The topological polar surface area (TPSA) is 58.1 Å². The molecule has 98 valence electrons. The van der Waals surface area contributed by atoms with E-state index in [0.717, 1.165) is 30.5 Å². The van der Waals surface area contributed by atoms with E-state index in [1.54, 1.807) is 0 Å². The van der Waals surface area contributed by atoms with Crippen molar-refractivity contribution in [2.24, 2.45) is 0 Å². The van der Waals surface area contributed by atoms with Gasteiger partial charge in [0.2, 0.25) is 5.82 Å². The summed E-state index contributed by atoms with van der Waals surface area (Å²) in [5.41, 5.74) is -1.53. The Kier molecular flexibility index (Phi) is 2.79. The molecule has 18 heavy (non-hydrogen) atoms. The third kappa shape index (κ3) is 1.63. The number of nitrogens with zero attached hydrogens (tertiary/aromatic N) is 2. The molecule has 0 aromatic carbocycles. The fourth-order valence-electron chi connectivity index (χ4n) is 3.16. The summed E-state index contributed by atoms with van der Waals surface area (Å²) in [5, 5.41) is -0.512. The molecule has 0 bridgehead atoms. The molecule has 2 fully saturated rings. The molecule has 0 spiro atoms. The number of hydrogen-bond donors (Lipinski definition) is 1. The zero-order chi connectivity index (χ0) is 12.9. The second-order valence-electron chi connectivity index (χ2n) is 4.83. The number of H-pyrrole nitrogens is 1. The van der Waals surface area contributed by atoms with Crippen LogP contribution >= 0.6 is 11.6 Å². The summed E-state index contributed by atoms with van der Waals surface area (Å²) in [6, 6.07) is -0.0695. The Morgan fingerprint density at radius 1 is 1.22 bits per heavy atom.